The fourth-order valence-electron chi connectivity index (χ4n) is 3.42. The molecular weight excluding hydrogens is 495 g/mol. The van der Waals surface area contributed by atoms with Crippen molar-refractivity contribution in [2.75, 3.05) is 24.9 Å². The molecule has 0 atom stereocenters. The van der Waals surface area contributed by atoms with Gasteiger partial charge in [-0.1, -0.05) is 29.8 Å². The van der Waals surface area contributed by atoms with Gasteiger partial charge in [-0.3, -0.25) is 14.3 Å². The average molecular weight is 515 g/mol. The summed E-state index contributed by atoms with van der Waals surface area (Å²) in [5.41, 5.74) is 1.37. The van der Waals surface area contributed by atoms with Gasteiger partial charge in [0.25, 0.3) is 0 Å². The molecule has 1 aromatic carbocycles. The van der Waals surface area contributed by atoms with E-state index >= 15 is 0 Å². The van der Waals surface area contributed by atoms with Crippen molar-refractivity contribution in [3.63, 3.8) is 0 Å². The van der Waals surface area contributed by atoms with E-state index in [0.29, 0.717) is 28.2 Å². The molecule has 12 heteroatoms. The van der Waals surface area contributed by atoms with Crippen molar-refractivity contribution in [1.82, 2.24) is 19.7 Å². The fourth-order valence-corrected chi connectivity index (χ4v) is 4.09. The Labute approximate surface area is 209 Å². The first kappa shape index (κ1) is 24.1. The highest BCUT2D eigenvalue weighted by atomic mass is 35.5. The normalized spacial score (nSPS) is 10.8. The number of carbonyl (C=O) groups is 2. The van der Waals surface area contributed by atoms with Crippen LogP contribution in [0.5, 0.6) is 11.5 Å². The van der Waals surface area contributed by atoms with Crippen LogP contribution in [-0.2, 0) is 11.8 Å². The number of aromatic nitrogens is 4. The van der Waals surface area contributed by atoms with Crippen LogP contribution in [-0.4, -0.2) is 45.7 Å². The summed E-state index contributed by atoms with van der Waals surface area (Å²) in [7, 11) is 4.59. The van der Waals surface area contributed by atoms with Gasteiger partial charge in [0.05, 0.1) is 53.4 Å². The predicted octanol–water partition coefficient (Wildman–Crippen LogP) is 4.72. The van der Waals surface area contributed by atoms with Crippen LogP contribution < -0.4 is 20.1 Å². The van der Waals surface area contributed by atoms with Crippen LogP contribution in [0.4, 0.5) is 17.3 Å². The second-order valence-electron chi connectivity index (χ2n) is 7.34. The van der Waals surface area contributed by atoms with Gasteiger partial charge in [-0.05, 0) is 18.2 Å². The number of hydrogen-bond acceptors (Lipinski definition) is 7. The Kier molecular flexibility index (Phi) is 6.68. The van der Waals surface area contributed by atoms with Gasteiger partial charge in [0.15, 0.2) is 5.82 Å². The zero-order valence-electron chi connectivity index (χ0n) is 18.9. The largest absolute Gasteiger partial charge is 0.495 e. The summed E-state index contributed by atoms with van der Waals surface area (Å²) in [5.74, 6) is 0.545. The minimum Gasteiger partial charge on any atom is -0.495 e. The van der Waals surface area contributed by atoms with Crippen LogP contribution in [0.15, 0.2) is 43.2 Å². The third kappa shape index (κ3) is 4.66. The number of nitrogens with zero attached hydrogens (tertiary/aromatic N) is 3. The lowest BCUT2D eigenvalue weighted by Crippen LogP contribution is -2.08. The number of rotatable bonds is 8. The maximum atomic E-state index is 13.3. The van der Waals surface area contributed by atoms with E-state index in [1.807, 2.05) is 0 Å². The smallest absolute Gasteiger partial charge is 0.247 e. The first-order valence-corrected chi connectivity index (χ1v) is 10.9. The fraction of sp³-hybridized carbons (Fsp3) is 0.130. The van der Waals surface area contributed by atoms with Crippen molar-refractivity contribution in [3.05, 3.63) is 64.6 Å². The lowest BCUT2D eigenvalue weighted by atomic mass is 10.1. The number of fused-ring (bicyclic) bond motifs is 1. The Morgan fingerprint density at radius 1 is 1.14 bits per heavy atom. The second-order valence-corrected chi connectivity index (χ2v) is 8.09. The maximum absolute atomic E-state index is 13.3. The van der Waals surface area contributed by atoms with E-state index in [1.54, 1.807) is 36.3 Å². The Balaban J connectivity index is 1.68. The molecule has 4 aromatic rings. The number of hydrogen-bond donors (Lipinski definition) is 3. The van der Waals surface area contributed by atoms with Gasteiger partial charge in [-0.15, -0.1) is 0 Å². The molecule has 3 aromatic heterocycles. The van der Waals surface area contributed by atoms with Crippen LogP contribution >= 0.6 is 23.2 Å². The summed E-state index contributed by atoms with van der Waals surface area (Å²) in [4.78, 5) is 32.4. The number of methoxy groups -OCH3 is 2. The third-order valence-electron chi connectivity index (χ3n) is 5.07. The number of aryl methyl sites for hydroxylation is 1. The summed E-state index contributed by atoms with van der Waals surface area (Å²) >= 11 is 12.8. The number of aromatic amines is 1. The zero-order chi connectivity index (χ0) is 25.3. The van der Waals surface area contributed by atoms with Gasteiger partial charge in [0, 0.05) is 18.5 Å². The van der Waals surface area contributed by atoms with Gasteiger partial charge < -0.3 is 25.1 Å². The maximum Gasteiger partial charge on any atom is 0.247 e. The van der Waals surface area contributed by atoms with Crippen molar-refractivity contribution < 1.29 is 19.1 Å². The van der Waals surface area contributed by atoms with Crippen molar-refractivity contribution in [2.45, 2.75) is 0 Å². The molecule has 0 aliphatic heterocycles. The Morgan fingerprint density at radius 3 is 2.46 bits per heavy atom. The number of ether oxygens (including phenoxy) is 2. The van der Waals surface area contributed by atoms with E-state index in [-0.39, 0.29) is 38.7 Å². The van der Waals surface area contributed by atoms with Crippen molar-refractivity contribution in [2.24, 2.45) is 7.05 Å². The molecule has 180 valence electrons. The molecule has 0 aliphatic carbocycles. The molecule has 3 heterocycles. The first-order valence-electron chi connectivity index (χ1n) is 10.1. The van der Waals surface area contributed by atoms with Crippen LogP contribution in [0.2, 0.25) is 10.0 Å². The summed E-state index contributed by atoms with van der Waals surface area (Å²) in [6.07, 6.45) is 4.37. The molecule has 10 nitrogen and oxygen atoms in total. The average Bonchev–Trinajstić information content (AvgIpc) is 3.41. The Morgan fingerprint density at radius 2 is 1.83 bits per heavy atom. The molecule has 0 unspecified atom stereocenters. The molecule has 0 spiro atoms. The van der Waals surface area contributed by atoms with E-state index < -0.39 is 5.78 Å². The standard InChI is InChI=1S/C23H20Cl2N6O4/c1-5-18(32)28-14-10-31(2)30-23(14)29-17-7-11-6-12(27-13(11)9-26-17)22(33)19-20(24)15(34-3)8-16(35-4)21(19)25/h5-10,27H,1H2,2-4H3,(H,28,32)(H,26,29,30). The molecule has 0 saturated heterocycles. The van der Waals surface area contributed by atoms with Gasteiger partial charge >= 0.3 is 0 Å². The van der Waals surface area contributed by atoms with Crippen molar-refractivity contribution in [1.29, 1.82) is 0 Å². The van der Waals surface area contributed by atoms with Crippen LogP contribution in [0.1, 0.15) is 16.1 Å². The molecule has 0 aliphatic rings. The number of anilines is 3. The predicted molar refractivity (Wildman–Crippen MR) is 134 cm³/mol. The van der Waals surface area contributed by atoms with Crippen molar-refractivity contribution >= 4 is 63.1 Å². The molecule has 1 amide bonds. The van der Waals surface area contributed by atoms with E-state index in [9.17, 15) is 9.59 Å². The van der Waals surface area contributed by atoms with Gasteiger partial charge in [-0.25, -0.2) is 4.98 Å². The number of amides is 1. The highest BCUT2D eigenvalue weighted by Gasteiger charge is 2.25. The van der Waals surface area contributed by atoms with Crippen LogP contribution in [0.3, 0.4) is 0 Å². The summed E-state index contributed by atoms with van der Waals surface area (Å²) in [5, 5.41) is 10.9. The Bertz CT molecular complexity index is 1450. The van der Waals surface area contributed by atoms with E-state index in [4.69, 9.17) is 32.7 Å². The number of ketones is 1. The SMILES string of the molecule is C=CC(=O)Nc1cn(C)nc1Nc1cc2cc(C(=O)c3c(Cl)c(OC)cc(OC)c3Cl)[nH]c2cn1. The van der Waals surface area contributed by atoms with E-state index in [1.165, 1.54) is 20.3 Å². The number of H-pyrrole nitrogens is 1. The highest BCUT2D eigenvalue weighted by molar-refractivity contribution is 6.42. The number of benzene rings is 1. The van der Waals surface area contributed by atoms with E-state index in [0.717, 1.165) is 6.08 Å². The molecule has 0 radical (unpaired) electrons. The lowest BCUT2D eigenvalue weighted by molar-refractivity contribution is -0.111. The van der Waals surface area contributed by atoms with Gasteiger partial charge in [-0.2, -0.15) is 5.10 Å². The zero-order valence-corrected chi connectivity index (χ0v) is 20.4. The lowest BCUT2D eigenvalue weighted by Gasteiger charge is -2.13. The molecule has 3 N–H and O–H groups in total. The topological polar surface area (TPSA) is 123 Å². The quantitative estimate of drug-likeness (QED) is 0.229. The minimum absolute atomic E-state index is 0.0542. The number of carbonyl (C=O) groups excluding carboxylic acids is 2. The minimum atomic E-state index is -0.443. The molecule has 35 heavy (non-hydrogen) atoms. The molecule has 0 bridgehead atoms. The third-order valence-corrected chi connectivity index (χ3v) is 5.82. The first-order chi connectivity index (χ1) is 16.7. The summed E-state index contributed by atoms with van der Waals surface area (Å²) in [6, 6.07) is 4.89. The van der Waals surface area contributed by atoms with Gasteiger partial charge in [0.2, 0.25) is 11.7 Å². The molecule has 0 fully saturated rings. The molecular formula is C23H20Cl2N6O4. The van der Waals surface area contributed by atoms with Crippen molar-refractivity contribution in [3.8, 4) is 11.5 Å². The van der Waals surface area contributed by atoms with Gasteiger partial charge in [0.1, 0.15) is 23.0 Å². The highest BCUT2D eigenvalue weighted by Crippen LogP contribution is 2.41. The number of pyridine rings is 1. The van der Waals surface area contributed by atoms with E-state index in [2.05, 4.69) is 32.3 Å². The second kappa shape index (κ2) is 9.69. The molecule has 4 rings (SSSR count). The Hall–Kier alpha value is -4.02. The summed E-state index contributed by atoms with van der Waals surface area (Å²) < 4.78 is 12.0. The monoisotopic (exact) mass is 514 g/mol. The van der Waals surface area contributed by atoms with Crippen LogP contribution in [0, 0.1) is 0 Å². The molecule has 0 saturated carbocycles. The summed E-state index contributed by atoms with van der Waals surface area (Å²) in [6.45, 7) is 3.45. The number of halogens is 2. The number of nitrogens with one attached hydrogen (secondary N) is 3. The van der Waals surface area contributed by atoms with Crippen LogP contribution in [0.25, 0.3) is 10.9 Å².